The van der Waals surface area contributed by atoms with E-state index in [4.69, 9.17) is 9.47 Å². The molecule has 0 spiro atoms. The average molecular weight is 255 g/mol. The van der Waals surface area contributed by atoms with Gasteiger partial charge in [-0.25, -0.2) is 4.79 Å². The van der Waals surface area contributed by atoms with Crippen LogP contribution in [0.2, 0.25) is 0 Å². The lowest BCUT2D eigenvalue weighted by Gasteiger charge is -2.28. The van der Waals surface area contributed by atoms with Gasteiger partial charge < -0.3 is 14.8 Å². The van der Waals surface area contributed by atoms with Crippen molar-refractivity contribution < 1.29 is 19.1 Å². The van der Waals surface area contributed by atoms with Crippen molar-refractivity contribution in [3.8, 4) is 0 Å². The first-order valence-corrected chi connectivity index (χ1v) is 6.07. The standard InChI is InChI=1S/C13H21NO4/c1-13(2,3)18-12(16)14-10-8-6-5-7-9(10)11(15)17-4/h6,8-10H,5,7H2,1-4H3,(H,14,16)/t9-,10?/m0/s1. The van der Waals surface area contributed by atoms with E-state index in [0.29, 0.717) is 6.42 Å². The van der Waals surface area contributed by atoms with Gasteiger partial charge in [0.15, 0.2) is 0 Å². The van der Waals surface area contributed by atoms with Gasteiger partial charge in [0.25, 0.3) is 0 Å². The predicted octanol–water partition coefficient (Wildman–Crippen LogP) is 2.02. The SMILES string of the molecule is COC(=O)[C@H]1CCC=CC1NC(=O)OC(C)(C)C. The molecule has 0 saturated heterocycles. The molecule has 0 fully saturated rings. The molecule has 1 N–H and O–H groups in total. The lowest BCUT2D eigenvalue weighted by Crippen LogP contribution is -2.45. The third-order valence-electron chi connectivity index (χ3n) is 2.61. The van der Waals surface area contributed by atoms with Crippen LogP contribution in [0.15, 0.2) is 12.2 Å². The summed E-state index contributed by atoms with van der Waals surface area (Å²) >= 11 is 0. The van der Waals surface area contributed by atoms with E-state index in [1.54, 1.807) is 20.8 Å². The highest BCUT2D eigenvalue weighted by Gasteiger charge is 2.31. The smallest absolute Gasteiger partial charge is 0.408 e. The molecule has 0 aromatic heterocycles. The summed E-state index contributed by atoms with van der Waals surface area (Å²) in [5, 5.41) is 2.69. The minimum atomic E-state index is -0.552. The number of alkyl carbamates (subject to hydrolysis) is 1. The molecule has 1 aliphatic carbocycles. The van der Waals surface area contributed by atoms with Crippen LogP contribution >= 0.6 is 0 Å². The van der Waals surface area contributed by atoms with Gasteiger partial charge in [-0.1, -0.05) is 12.2 Å². The van der Waals surface area contributed by atoms with Gasteiger partial charge in [-0.15, -0.1) is 0 Å². The van der Waals surface area contributed by atoms with Crippen molar-refractivity contribution in [2.45, 2.75) is 45.3 Å². The maximum Gasteiger partial charge on any atom is 0.408 e. The molecule has 0 radical (unpaired) electrons. The Hall–Kier alpha value is -1.52. The van der Waals surface area contributed by atoms with Gasteiger partial charge >= 0.3 is 12.1 Å². The number of ether oxygens (including phenoxy) is 2. The van der Waals surface area contributed by atoms with Gasteiger partial charge in [0.05, 0.1) is 19.1 Å². The average Bonchev–Trinajstić information content (AvgIpc) is 2.26. The quantitative estimate of drug-likeness (QED) is 0.605. The molecule has 102 valence electrons. The Bertz CT molecular complexity index is 343. The number of nitrogens with one attached hydrogen (secondary N) is 1. The van der Waals surface area contributed by atoms with E-state index in [1.807, 2.05) is 12.2 Å². The number of esters is 1. The first kappa shape index (κ1) is 14.5. The first-order valence-electron chi connectivity index (χ1n) is 6.07. The fourth-order valence-electron chi connectivity index (χ4n) is 1.84. The molecule has 0 aliphatic heterocycles. The monoisotopic (exact) mass is 255 g/mol. The van der Waals surface area contributed by atoms with Crippen molar-refractivity contribution in [3.05, 3.63) is 12.2 Å². The topological polar surface area (TPSA) is 64.6 Å². The van der Waals surface area contributed by atoms with Crippen LogP contribution in [0.3, 0.4) is 0 Å². The van der Waals surface area contributed by atoms with Gasteiger partial charge in [0.1, 0.15) is 5.60 Å². The van der Waals surface area contributed by atoms with Crippen molar-refractivity contribution >= 4 is 12.1 Å². The van der Waals surface area contributed by atoms with Gasteiger partial charge in [-0.05, 0) is 33.6 Å². The molecule has 0 bridgehead atoms. The number of amides is 1. The second-order valence-corrected chi connectivity index (χ2v) is 5.31. The normalized spacial score (nSPS) is 23.3. The molecule has 5 nitrogen and oxygen atoms in total. The van der Waals surface area contributed by atoms with Crippen molar-refractivity contribution in [2.75, 3.05) is 7.11 Å². The van der Waals surface area contributed by atoms with Crippen LogP contribution in [0.5, 0.6) is 0 Å². The summed E-state index contributed by atoms with van der Waals surface area (Å²) in [5.74, 6) is -0.645. The summed E-state index contributed by atoms with van der Waals surface area (Å²) in [6.45, 7) is 5.38. The molecule has 18 heavy (non-hydrogen) atoms. The molecular formula is C13H21NO4. The number of rotatable bonds is 2. The zero-order valence-corrected chi connectivity index (χ0v) is 11.4. The Labute approximate surface area is 108 Å². The predicted molar refractivity (Wildman–Crippen MR) is 67.0 cm³/mol. The maximum atomic E-state index is 11.7. The summed E-state index contributed by atoms with van der Waals surface area (Å²) < 4.78 is 9.90. The number of carbonyl (C=O) groups excluding carboxylic acids is 2. The van der Waals surface area contributed by atoms with Gasteiger partial charge in [-0.3, -0.25) is 4.79 Å². The van der Waals surface area contributed by atoms with Crippen LogP contribution < -0.4 is 5.32 Å². The van der Waals surface area contributed by atoms with E-state index >= 15 is 0 Å². The Morgan fingerprint density at radius 2 is 2.00 bits per heavy atom. The van der Waals surface area contributed by atoms with E-state index in [2.05, 4.69) is 5.32 Å². The lowest BCUT2D eigenvalue weighted by molar-refractivity contribution is -0.146. The first-order chi connectivity index (χ1) is 8.33. The van der Waals surface area contributed by atoms with Crippen LogP contribution in [-0.2, 0) is 14.3 Å². The molecular weight excluding hydrogens is 234 g/mol. The van der Waals surface area contributed by atoms with Crippen LogP contribution in [-0.4, -0.2) is 30.8 Å². The van der Waals surface area contributed by atoms with Crippen LogP contribution in [0.4, 0.5) is 4.79 Å². The molecule has 2 atom stereocenters. The summed E-state index contributed by atoms with van der Waals surface area (Å²) in [5.41, 5.74) is -0.552. The second-order valence-electron chi connectivity index (χ2n) is 5.31. The number of hydrogen-bond donors (Lipinski definition) is 1. The van der Waals surface area contributed by atoms with E-state index < -0.39 is 11.7 Å². The van der Waals surface area contributed by atoms with E-state index in [9.17, 15) is 9.59 Å². The van der Waals surface area contributed by atoms with Crippen LogP contribution in [0.1, 0.15) is 33.6 Å². The summed E-state index contributed by atoms with van der Waals surface area (Å²) in [6, 6.07) is -0.360. The molecule has 0 aromatic rings. The van der Waals surface area contributed by atoms with Gasteiger partial charge in [0, 0.05) is 0 Å². The summed E-state index contributed by atoms with van der Waals surface area (Å²) in [6.07, 6.45) is 4.72. The van der Waals surface area contributed by atoms with Crippen LogP contribution in [0.25, 0.3) is 0 Å². The molecule has 1 rings (SSSR count). The summed E-state index contributed by atoms with van der Waals surface area (Å²) in [7, 11) is 1.35. The Balaban J connectivity index is 2.62. The third-order valence-corrected chi connectivity index (χ3v) is 2.61. The van der Waals surface area contributed by atoms with Crippen molar-refractivity contribution in [1.82, 2.24) is 5.32 Å². The highest BCUT2D eigenvalue weighted by Crippen LogP contribution is 2.20. The Kier molecular flexibility index (Phi) is 4.76. The number of hydrogen-bond acceptors (Lipinski definition) is 4. The summed E-state index contributed by atoms with van der Waals surface area (Å²) in [4.78, 5) is 23.3. The fraction of sp³-hybridized carbons (Fsp3) is 0.692. The third kappa shape index (κ3) is 4.39. The molecule has 1 unspecified atom stereocenters. The second kappa shape index (κ2) is 5.89. The molecule has 5 heteroatoms. The van der Waals surface area contributed by atoms with Crippen molar-refractivity contribution in [1.29, 1.82) is 0 Å². The minimum absolute atomic E-state index is 0.305. The highest BCUT2D eigenvalue weighted by molar-refractivity contribution is 5.76. The van der Waals surface area contributed by atoms with Crippen molar-refractivity contribution in [3.63, 3.8) is 0 Å². The number of carbonyl (C=O) groups is 2. The number of methoxy groups -OCH3 is 1. The van der Waals surface area contributed by atoms with Gasteiger partial charge in [-0.2, -0.15) is 0 Å². The minimum Gasteiger partial charge on any atom is -0.469 e. The van der Waals surface area contributed by atoms with E-state index in [0.717, 1.165) is 6.42 Å². The Morgan fingerprint density at radius 1 is 1.33 bits per heavy atom. The fourth-order valence-corrected chi connectivity index (χ4v) is 1.84. The van der Waals surface area contributed by atoms with E-state index in [1.165, 1.54) is 7.11 Å². The molecule has 0 heterocycles. The van der Waals surface area contributed by atoms with Crippen LogP contribution in [0, 0.1) is 5.92 Å². The molecule has 1 amide bonds. The molecule has 0 aromatic carbocycles. The Morgan fingerprint density at radius 3 is 2.56 bits per heavy atom. The zero-order chi connectivity index (χ0) is 13.8. The largest absolute Gasteiger partial charge is 0.469 e. The lowest BCUT2D eigenvalue weighted by atomic mass is 9.90. The van der Waals surface area contributed by atoms with Crippen molar-refractivity contribution in [2.24, 2.45) is 5.92 Å². The number of allylic oxidation sites excluding steroid dienone is 1. The molecule has 0 saturated carbocycles. The highest BCUT2D eigenvalue weighted by atomic mass is 16.6. The zero-order valence-electron chi connectivity index (χ0n) is 11.4. The maximum absolute atomic E-state index is 11.7. The van der Waals surface area contributed by atoms with Gasteiger partial charge in [0.2, 0.25) is 0 Å². The molecule has 1 aliphatic rings. The van der Waals surface area contributed by atoms with E-state index in [-0.39, 0.29) is 17.9 Å².